The highest BCUT2D eigenvalue weighted by molar-refractivity contribution is 6.48. The van der Waals surface area contributed by atoms with Gasteiger partial charge in [0.15, 0.2) is 5.75 Å². The van der Waals surface area contributed by atoms with Crippen LogP contribution >= 0.6 is 0 Å². The Bertz CT molecular complexity index is 1470. The van der Waals surface area contributed by atoms with Gasteiger partial charge < -0.3 is 24.8 Å². The van der Waals surface area contributed by atoms with Crippen molar-refractivity contribution in [2.45, 2.75) is 52.4 Å². The minimum atomic E-state index is -0.824. The number of nitrogens with one attached hydrogen (secondary N) is 2. The van der Waals surface area contributed by atoms with Gasteiger partial charge in [-0.1, -0.05) is 64.8 Å². The number of Topliss-reactive ketones (excluding diaryl/α,β-unsaturated/α-hetero) is 1. The molecular weight excluding hydrogens is 558 g/mol. The Morgan fingerprint density at radius 3 is 2.36 bits per heavy atom. The van der Waals surface area contributed by atoms with Crippen LogP contribution in [0.1, 0.15) is 73.2 Å². The van der Waals surface area contributed by atoms with E-state index in [2.05, 4.69) is 22.5 Å². The number of carbonyl (C=O) groups excluding carboxylic acids is 3. The fraction of sp³-hybridized carbons (Fsp3) is 0.457. The number of nitrogens with zero attached hydrogens (tertiary/aromatic N) is 1. The summed E-state index contributed by atoms with van der Waals surface area (Å²) in [5.41, 5.74) is 1.33. The number of ether oxygens (including phenoxy) is 3. The fourth-order valence-electron chi connectivity index (χ4n) is 5.22. The lowest BCUT2D eigenvalue weighted by Gasteiger charge is -2.26. The summed E-state index contributed by atoms with van der Waals surface area (Å²) in [6.45, 7) is 13.2. The lowest BCUT2D eigenvalue weighted by Crippen LogP contribution is -2.38. The second-order valence-electron chi connectivity index (χ2n) is 12.1. The number of hydrogen-bond acceptors (Lipinski definition) is 7. The molecule has 9 nitrogen and oxygen atoms in total. The Balaban J connectivity index is 1.57. The number of amides is 2. The van der Waals surface area contributed by atoms with Crippen LogP contribution in [0.4, 0.5) is 5.69 Å². The highest BCUT2D eigenvalue weighted by Gasteiger charge is 2.26. The predicted molar refractivity (Wildman–Crippen MR) is 173 cm³/mol. The Kier molecular flexibility index (Phi) is 11.4. The van der Waals surface area contributed by atoms with Gasteiger partial charge in [0.2, 0.25) is 0 Å². The Morgan fingerprint density at radius 1 is 0.955 bits per heavy atom. The number of fused-ring (bicyclic) bond motifs is 1. The predicted octanol–water partition coefficient (Wildman–Crippen LogP) is 5.60. The molecule has 1 aliphatic heterocycles. The summed E-state index contributed by atoms with van der Waals surface area (Å²) in [5, 5.41) is 7.09. The number of hydrogen-bond donors (Lipinski definition) is 2. The zero-order valence-corrected chi connectivity index (χ0v) is 26.6. The van der Waals surface area contributed by atoms with E-state index in [1.807, 2.05) is 45.0 Å². The van der Waals surface area contributed by atoms with Crippen molar-refractivity contribution in [1.29, 1.82) is 0 Å². The molecule has 3 aromatic carbocycles. The van der Waals surface area contributed by atoms with Gasteiger partial charge in [0, 0.05) is 37.1 Å². The number of carbonyl (C=O) groups is 3. The van der Waals surface area contributed by atoms with E-state index in [1.165, 1.54) is 7.11 Å². The van der Waals surface area contributed by atoms with Gasteiger partial charge in [0.25, 0.3) is 17.6 Å². The van der Waals surface area contributed by atoms with E-state index >= 15 is 0 Å². The third-order valence-corrected chi connectivity index (χ3v) is 7.82. The molecule has 2 amide bonds. The van der Waals surface area contributed by atoms with Crippen LogP contribution in [0.25, 0.3) is 10.8 Å². The van der Waals surface area contributed by atoms with Gasteiger partial charge in [0.1, 0.15) is 12.4 Å². The van der Waals surface area contributed by atoms with Crippen molar-refractivity contribution in [1.82, 2.24) is 10.2 Å². The van der Waals surface area contributed by atoms with Gasteiger partial charge >= 0.3 is 0 Å². The van der Waals surface area contributed by atoms with Crippen LogP contribution in [-0.4, -0.2) is 75.6 Å². The van der Waals surface area contributed by atoms with Gasteiger partial charge in [-0.15, -0.1) is 0 Å². The van der Waals surface area contributed by atoms with Crippen LogP contribution in [0.2, 0.25) is 0 Å². The standard InChI is InChI=1S/C35H45N3O6/c1-6-7-10-15-36-33(40)28-22-24(35(2,3)4)23-29(32(28)42-5)37-34(41)31(39)27-13-14-30(26-12-9-8-11-25(26)27)44-21-18-38-16-19-43-20-17-38/h8-9,11-14,22-23H,6-7,10,15-21H2,1-5H3,(H,36,40)(H,37,41). The summed E-state index contributed by atoms with van der Waals surface area (Å²) >= 11 is 0. The lowest BCUT2D eigenvalue weighted by molar-refractivity contribution is -0.112. The van der Waals surface area contributed by atoms with Crippen LogP contribution in [-0.2, 0) is 14.9 Å². The van der Waals surface area contributed by atoms with Crippen molar-refractivity contribution < 1.29 is 28.6 Å². The molecule has 0 saturated carbocycles. The Morgan fingerprint density at radius 2 is 1.68 bits per heavy atom. The Labute approximate surface area is 260 Å². The van der Waals surface area contributed by atoms with Crippen LogP contribution in [0, 0.1) is 0 Å². The SMILES string of the molecule is CCCCCNC(=O)c1cc(C(C)(C)C)cc(NC(=O)C(=O)c2ccc(OCCN3CCOCC3)c3ccccc23)c1OC. The van der Waals surface area contributed by atoms with E-state index in [9.17, 15) is 14.4 Å². The summed E-state index contributed by atoms with van der Waals surface area (Å²) in [7, 11) is 1.45. The molecule has 0 aromatic heterocycles. The molecule has 0 aliphatic carbocycles. The molecule has 3 aromatic rings. The number of morpholine rings is 1. The van der Waals surface area contributed by atoms with Gasteiger partial charge in [-0.2, -0.15) is 0 Å². The van der Waals surface area contributed by atoms with E-state index in [0.717, 1.165) is 63.1 Å². The van der Waals surface area contributed by atoms with Crippen molar-refractivity contribution in [2.75, 3.05) is 58.4 Å². The normalized spacial score (nSPS) is 13.8. The number of anilines is 1. The van der Waals surface area contributed by atoms with Crippen LogP contribution in [0.3, 0.4) is 0 Å². The number of methoxy groups -OCH3 is 1. The average Bonchev–Trinajstić information content (AvgIpc) is 3.02. The lowest BCUT2D eigenvalue weighted by atomic mass is 9.85. The molecule has 0 spiro atoms. The summed E-state index contributed by atoms with van der Waals surface area (Å²) in [5.74, 6) is -0.952. The highest BCUT2D eigenvalue weighted by atomic mass is 16.5. The van der Waals surface area contributed by atoms with Crippen LogP contribution in [0.5, 0.6) is 11.5 Å². The zero-order chi connectivity index (χ0) is 31.7. The molecule has 9 heteroatoms. The summed E-state index contributed by atoms with van der Waals surface area (Å²) in [6, 6.07) is 14.3. The largest absolute Gasteiger partial charge is 0.494 e. The molecule has 0 unspecified atom stereocenters. The van der Waals surface area contributed by atoms with E-state index in [-0.39, 0.29) is 28.3 Å². The number of benzene rings is 3. The topological polar surface area (TPSA) is 106 Å². The summed E-state index contributed by atoms with van der Waals surface area (Å²) < 4.78 is 17.2. The molecule has 44 heavy (non-hydrogen) atoms. The quantitative estimate of drug-likeness (QED) is 0.149. The van der Waals surface area contributed by atoms with Gasteiger partial charge in [0.05, 0.1) is 31.6 Å². The molecule has 0 radical (unpaired) electrons. The monoisotopic (exact) mass is 603 g/mol. The number of rotatable bonds is 13. The van der Waals surface area contributed by atoms with Gasteiger partial charge in [-0.05, 0) is 47.1 Å². The molecule has 1 aliphatic rings. The van der Waals surface area contributed by atoms with Gasteiger partial charge in [-0.3, -0.25) is 19.3 Å². The van der Waals surface area contributed by atoms with Gasteiger partial charge in [-0.25, -0.2) is 0 Å². The molecule has 2 N–H and O–H groups in total. The Hall–Kier alpha value is -3.95. The summed E-state index contributed by atoms with van der Waals surface area (Å²) in [4.78, 5) is 42.6. The third-order valence-electron chi connectivity index (χ3n) is 7.82. The van der Waals surface area contributed by atoms with E-state index in [4.69, 9.17) is 14.2 Å². The third kappa shape index (κ3) is 8.15. The molecular formula is C35H45N3O6. The maximum Gasteiger partial charge on any atom is 0.296 e. The minimum Gasteiger partial charge on any atom is -0.494 e. The number of ketones is 1. The van der Waals surface area contributed by atoms with E-state index in [1.54, 1.807) is 24.3 Å². The van der Waals surface area contributed by atoms with Crippen LogP contribution in [0.15, 0.2) is 48.5 Å². The average molecular weight is 604 g/mol. The second-order valence-corrected chi connectivity index (χ2v) is 12.1. The van der Waals surface area contributed by atoms with Crippen molar-refractivity contribution in [3.05, 3.63) is 65.2 Å². The number of unbranched alkanes of at least 4 members (excludes halogenated alkanes) is 2. The molecule has 1 fully saturated rings. The second kappa shape index (κ2) is 15.2. The molecule has 0 bridgehead atoms. The maximum atomic E-state index is 13.6. The van der Waals surface area contributed by atoms with E-state index in [0.29, 0.717) is 29.9 Å². The minimum absolute atomic E-state index is 0.209. The first-order valence-electron chi connectivity index (χ1n) is 15.4. The van der Waals surface area contributed by atoms with Crippen LogP contribution < -0.4 is 20.1 Å². The van der Waals surface area contributed by atoms with Crippen molar-refractivity contribution >= 4 is 34.1 Å². The molecule has 0 atom stereocenters. The van der Waals surface area contributed by atoms with Crippen molar-refractivity contribution in [3.8, 4) is 11.5 Å². The molecule has 236 valence electrons. The molecule has 4 rings (SSSR count). The first kappa shape index (κ1) is 33.0. The zero-order valence-electron chi connectivity index (χ0n) is 26.6. The first-order valence-corrected chi connectivity index (χ1v) is 15.4. The molecule has 1 saturated heterocycles. The smallest absolute Gasteiger partial charge is 0.296 e. The first-order chi connectivity index (χ1) is 21.1. The van der Waals surface area contributed by atoms with Crippen molar-refractivity contribution in [2.24, 2.45) is 0 Å². The maximum absolute atomic E-state index is 13.6. The van der Waals surface area contributed by atoms with E-state index < -0.39 is 11.7 Å². The molecule has 1 heterocycles. The summed E-state index contributed by atoms with van der Waals surface area (Å²) in [6.07, 6.45) is 2.93. The highest BCUT2D eigenvalue weighted by Crippen LogP contribution is 2.36. The fourth-order valence-corrected chi connectivity index (χ4v) is 5.22. The van der Waals surface area contributed by atoms with Crippen molar-refractivity contribution in [3.63, 3.8) is 0 Å².